The molecule has 0 aliphatic rings. The number of nitrogens with one attached hydrogen (secondary N) is 1. The zero-order valence-electron chi connectivity index (χ0n) is 11.9. The van der Waals surface area contributed by atoms with Crippen molar-refractivity contribution in [2.45, 2.75) is 19.9 Å². The number of halogens is 1. The first-order chi connectivity index (χ1) is 10.0. The predicted octanol–water partition coefficient (Wildman–Crippen LogP) is 3.50. The second-order valence-electron chi connectivity index (χ2n) is 4.89. The monoisotopic (exact) mass is 282 g/mol. The molecular weight excluding hydrogens is 267 g/mol. The van der Waals surface area contributed by atoms with Crippen molar-refractivity contribution in [1.29, 1.82) is 5.26 Å². The summed E-state index contributed by atoms with van der Waals surface area (Å²) in [7, 11) is 0. The summed E-state index contributed by atoms with van der Waals surface area (Å²) in [6, 6.07) is 13.2. The lowest BCUT2D eigenvalue weighted by Gasteiger charge is -2.14. The molecule has 0 aliphatic carbocycles. The highest BCUT2D eigenvalue weighted by atomic mass is 19.1. The van der Waals surface area contributed by atoms with Gasteiger partial charge in [0.05, 0.1) is 17.7 Å². The Kier molecular flexibility index (Phi) is 4.34. The lowest BCUT2D eigenvalue weighted by Crippen LogP contribution is -2.26. The van der Waals surface area contributed by atoms with Gasteiger partial charge in [-0.1, -0.05) is 18.2 Å². The minimum absolute atomic E-state index is 0.227. The minimum atomic E-state index is -0.395. The van der Waals surface area contributed by atoms with Crippen molar-refractivity contribution in [1.82, 2.24) is 5.32 Å². The fourth-order valence-electron chi connectivity index (χ4n) is 1.94. The van der Waals surface area contributed by atoms with Crippen LogP contribution in [0, 0.1) is 24.1 Å². The van der Waals surface area contributed by atoms with Crippen LogP contribution in [0.2, 0.25) is 0 Å². The molecule has 1 atom stereocenters. The maximum atomic E-state index is 13.5. The van der Waals surface area contributed by atoms with Crippen LogP contribution in [-0.4, -0.2) is 5.91 Å². The number of nitrogens with zero attached hydrogens (tertiary/aromatic N) is 1. The number of aryl methyl sites for hydroxylation is 1. The lowest BCUT2D eigenvalue weighted by atomic mass is 10.1. The van der Waals surface area contributed by atoms with Gasteiger partial charge in [0.25, 0.3) is 5.91 Å². The van der Waals surface area contributed by atoms with E-state index in [1.54, 1.807) is 43.3 Å². The van der Waals surface area contributed by atoms with Gasteiger partial charge < -0.3 is 5.32 Å². The van der Waals surface area contributed by atoms with Crippen LogP contribution in [0.1, 0.15) is 40.0 Å². The van der Waals surface area contributed by atoms with E-state index in [1.807, 2.05) is 13.0 Å². The average Bonchev–Trinajstić information content (AvgIpc) is 2.50. The zero-order valence-corrected chi connectivity index (χ0v) is 11.9. The van der Waals surface area contributed by atoms with Gasteiger partial charge in [-0.25, -0.2) is 4.39 Å². The molecule has 1 unspecified atom stereocenters. The van der Waals surface area contributed by atoms with Crippen LogP contribution in [-0.2, 0) is 0 Å². The second-order valence-corrected chi connectivity index (χ2v) is 4.89. The third-order valence-electron chi connectivity index (χ3n) is 3.32. The van der Waals surface area contributed by atoms with Gasteiger partial charge in [0, 0.05) is 5.56 Å². The van der Waals surface area contributed by atoms with Gasteiger partial charge in [-0.2, -0.15) is 5.26 Å². The molecular formula is C17H15FN2O. The summed E-state index contributed by atoms with van der Waals surface area (Å²) < 4.78 is 13.5. The summed E-state index contributed by atoms with van der Waals surface area (Å²) in [6.45, 7) is 3.49. The molecule has 0 saturated carbocycles. The number of rotatable bonds is 3. The average molecular weight is 282 g/mol. The number of hydrogen-bond donors (Lipinski definition) is 1. The molecule has 3 nitrogen and oxygen atoms in total. The van der Waals surface area contributed by atoms with E-state index in [1.165, 1.54) is 6.07 Å². The van der Waals surface area contributed by atoms with Crippen LogP contribution in [0.15, 0.2) is 42.5 Å². The third-order valence-corrected chi connectivity index (χ3v) is 3.32. The number of amides is 1. The van der Waals surface area contributed by atoms with Gasteiger partial charge in [-0.05, 0) is 49.2 Å². The number of nitriles is 1. The highest BCUT2D eigenvalue weighted by Gasteiger charge is 2.12. The topological polar surface area (TPSA) is 52.9 Å². The van der Waals surface area contributed by atoms with Crippen LogP contribution in [0.3, 0.4) is 0 Å². The van der Waals surface area contributed by atoms with Crippen LogP contribution >= 0.6 is 0 Å². The van der Waals surface area contributed by atoms with Crippen molar-refractivity contribution in [3.8, 4) is 6.07 Å². The normalized spacial score (nSPS) is 11.5. The van der Waals surface area contributed by atoms with E-state index in [-0.39, 0.29) is 11.9 Å². The van der Waals surface area contributed by atoms with Gasteiger partial charge in [-0.15, -0.1) is 0 Å². The van der Waals surface area contributed by atoms with Crippen LogP contribution in [0.4, 0.5) is 4.39 Å². The molecule has 1 amide bonds. The Morgan fingerprint density at radius 2 is 1.90 bits per heavy atom. The summed E-state index contributed by atoms with van der Waals surface area (Å²) >= 11 is 0. The Morgan fingerprint density at radius 3 is 2.48 bits per heavy atom. The first-order valence-electron chi connectivity index (χ1n) is 6.58. The maximum absolute atomic E-state index is 13.5. The molecule has 21 heavy (non-hydrogen) atoms. The summed E-state index contributed by atoms with van der Waals surface area (Å²) in [6.07, 6.45) is 0. The lowest BCUT2D eigenvalue weighted by molar-refractivity contribution is 0.0939. The molecule has 0 radical (unpaired) electrons. The molecule has 2 aromatic carbocycles. The molecule has 2 rings (SSSR count). The molecule has 0 aromatic heterocycles. The maximum Gasteiger partial charge on any atom is 0.251 e. The minimum Gasteiger partial charge on any atom is -0.346 e. The van der Waals surface area contributed by atoms with E-state index in [9.17, 15) is 9.18 Å². The summed E-state index contributed by atoms with van der Waals surface area (Å²) in [5.41, 5.74) is 2.25. The molecule has 4 heteroatoms. The highest BCUT2D eigenvalue weighted by Crippen LogP contribution is 2.15. The van der Waals surface area contributed by atoms with Gasteiger partial charge in [0.15, 0.2) is 0 Å². The van der Waals surface area contributed by atoms with E-state index in [0.717, 1.165) is 5.56 Å². The molecule has 0 heterocycles. The smallest absolute Gasteiger partial charge is 0.251 e. The molecule has 1 N–H and O–H groups in total. The van der Waals surface area contributed by atoms with Crippen molar-refractivity contribution >= 4 is 5.91 Å². The summed E-state index contributed by atoms with van der Waals surface area (Å²) in [4.78, 5) is 12.1. The van der Waals surface area contributed by atoms with Gasteiger partial charge >= 0.3 is 0 Å². The van der Waals surface area contributed by atoms with Crippen LogP contribution in [0.25, 0.3) is 0 Å². The van der Waals surface area contributed by atoms with E-state index in [0.29, 0.717) is 16.7 Å². The largest absolute Gasteiger partial charge is 0.346 e. The fourth-order valence-corrected chi connectivity index (χ4v) is 1.94. The summed E-state index contributed by atoms with van der Waals surface area (Å²) in [5.74, 6) is -0.723. The second kappa shape index (κ2) is 6.19. The predicted molar refractivity (Wildman–Crippen MR) is 78.2 cm³/mol. The molecule has 0 bridgehead atoms. The van der Waals surface area contributed by atoms with E-state index in [2.05, 4.69) is 5.32 Å². The summed E-state index contributed by atoms with van der Waals surface area (Å²) in [5, 5.41) is 11.6. The first kappa shape index (κ1) is 14.7. The standard InChI is InChI=1S/C17H15FN2O/c1-11-3-6-15(9-16(11)18)17(21)20-12(2)14-7-4-13(10-19)5-8-14/h3-9,12H,1-2H3,(H,20,21). The molecule has 2 aromatic rings. The molecule has 106 valence electrons. The SMILES string of the molecule is Cc1ccc(C(=O)NC(C)c2ccc(C#N)cc2)cc1F. The van der Waals surface area contributed by atoms with Crippen molar-refractivity contribution in [3.05, 3.63) is 70.5 Å². The van der Waals surface area contributed by atoms with E-state index >= 15 is 0 Å². The van der Waals surface area contributed by atoms with Crippen molar-refractivity contribution < 1.29 is 9.18 Å². The number of benzene rings is 2. The molecule has 0 spiro atoms. The van der Waals surface area contributed by atoms with Crippen molar-refractivity contribution in [2.75, 3.05) is 0 Å². The zero-order chi connectivity index (χ0) is 15.4. The fraction of sp³-hybridized carbons (Fsp3) is 0.176. The number of hydrogen-bond acceptors (Lipinski definition) is 2. The number of carbonyl (C=O) groups excluding carboxylic acids is 1. The van der Waals surface area contributed by atoms with Gasteiger partial charge in [0.1, 0.15) is 5.82 Å². The van der Waals surface area contributed by atoms with E-state index < -0.39 is 5.82 Å². The quantitative estimate of drug-likeness (QED) is 0.936. The Labute approximate surface area is 123 Å². The molecule has 0 aliphatic heterocycles. The highest BCUT2D eigenvalue weighted by molar-refractivity contribution is 5.94. The van der Waals surface area contributed by atoms with Crippen LogP contribution in [0.5, 0.6) is 0 Å². The van der Waals surface area contributed by atoms with Crippen LogP contribution < -0.4 is 5.32 Å². The Balaban J connectivity index is 2.10. The Bertz CT molecular complexity index is 702. The van der Waals surface area contributed by atoms with Crippen molar-refractivity contribution in [3.63, 3.8) is 0 Å². The van der Waals surface area contributed by atoms with Gasteiger partial charge in [-0.3, -0.25) is 4.79 Å². The van der Waals surface area contributed by atoms with Crippen molar-refractivity contribution in [2.24, 2.45) is 0 Å². The number of carbonyl (C=O) groups is 1. The van der Waals surface area contributed by atoms with E-state index in [4.69, 9.17) is 5.26 Å². The Morgan fingerprint density at radius 1 is 1.24 bits per heavy atom. The first-order valence-corrected chi connectivity index (χ1v) is 6.58. The molecule has 0 saturated heterocycles. The van der Waals surface area contributed by atoms with Gasteiger partial charge in [0.2, 0.25) is 0 Å². The Hall–Kier alpha value is -2.67. The third kappa shape index (κ3) is 3.46. The molecule has 0 fully saturated rings.